The van der Waals surface area contributed by atoms with Crippen LogP contribution in [0.5, 0.6) is 0 Å². The average molecular weight is 75.1 g/mol. The van der Waals surface area contributed by atoms with Crippen molar-refractivity contribution in [2.75, 3.05) is 7.11 Å². The molecule has 0 heterocycles. The van der Waals surface area contributed by atoms with E-state index in [4.69, 9.17) is 5.41 Å². The fraction of sp³-hybridized carbons (Fsp3) is 0.500. The van der Waals surface area contributed by atoms with Crippen LogP contribution in [0.3, 0.4) is 0 Å². The van der Waals surface area contributed by atoms with Gasteiger partial charge in [0.1, 0.15) is 0 Å². The molecular weight excluding hydrogens is 69.0 g/mol. The first kappa shape index (κ1) is 4.27. The van der Waals surface area contributed by atoms with E-state index in [9.17, 15) is 0 Å². The van der Waals surface area contributed by atoms with E-state index in [-0.39, 0.29) is 6.02 Å². The Kier molecular flexibility index (Phi) is 1.35. The summed E-state index contributed by atoms with van der Waals surface area (Å²) in [4.78, 5) is 0. The monoisotopic (exact) mass is 75.1 g/mol. The lowest BCUT2D eigenvalue weighted by atomic mass is 11.7. The summed E-state index contributed by atoms with van der Waals surface area (Å²) in [5.74, 6) is 0. The number of methoxy groups -OCH3 is 1. The van der Waals surface area contributed by atoms with Crippen molar-refractivity contribution >= 4 is 6.02 Å². The van der Waals surface area contributed by atoms with E-state index < -0.39 is 0 Å². The molecule has 0 amide bonds. The molecule has 0 bridgehead atoms. The molecule has 3 N–H and O–H groups in total. The van der Waals surface area contributed by atoms with Gasteiger partial charge in [-0.2, -0.15) is 0 Å². The van der Waals surface area contributed by atoms with Gasteiger partial charge in [-0.15, -0.1) is 0 Å². The summed E-state index contributed by atoms with van der Waals surface area (Å²) in [7, 11) is 1.35. The summed E-state index contributed by atoms with van der Waals surface area (Å²) in [5, 5.41) is 6.30. The van der Waals surface area contributed by atoms with Crippen LogP contribution in [0.1, 0.15) is 0 Å². The molecule has 0 aromatic carbocycles. The minimum Gasteiger partial charge on any atom is -0.469 e. The van der Waals surface area contributed by atoms with Gasteiger partial charge in [-0.05, 0) is 0 Å². The van der Waals surface area contributed by atoms with Crippen molar-refractivity contribution in [1.82, 2.24) is 0 Å². The summed E-state index contributed by atoms with van der Waals surface area (Å²) in [6, 6.07) is -0.245. The predicted octanol–water partition coefficient (Wildman–Crippen LogP) is -0.474. The number of amidine groups is 1. The maximum Gasteiger partial charge on any atom is 0.278 e. The van der Waals surface area contributed by atoms with Crippen LogP contribution in [0.15, 0.2) is 0 Å². The zero-order valence-corrected chi connectivity index (χ0v) is 2.99. The Bertz CT molecular complexity index is 42.9. The SMILES string of the molecule is CO[13C](=N)N. The Labute approximate surface area is 30.2 Å². The van der Waals surface area contributed by atoms with Crippen molar-refractivity contribution in [2.45, 2.75) is 0 Å². The van der Waals surface area contributed by atoms with Crippen LogP contribution in [0, 0.1) is 5.41 Å². The minimum absolute atomic E-state index is 0.245. The molecule has 0 aromatic heterocycles. The molecule has 0 fully saturated rings. The molecule has 30 valence electrons. The largest absolute Gasteiger partial charge is 0.469 e. The van der Waals surface area contributed by atoms with E-state index >= 15 is 0 Å². The first-order chi connectivity index (χ1) is 2.27. The summed E-state index contributed by atoms with van der Waals surface area (Å²) in [6.45, 7) is 0. The Morgan fingerprint density at radius 2 is 2.20 bits per heavy atom. The minimum atomic E-state index is -0.245. The fourth-order valence-electron chi connectivity index (χ4n) is 0. The second-order valence-corrected chi connectivity index (χ2v) is 0.568. The first-order valence-corrected chi connectivity index (χ1v) is 1.15. The molecule has 0 aliphatic heterocycles. The van der Waals surface area contributed by atoms with Crippen LogP contribution >= 0.6 is 0 Å². The number of hydrogen-bond acceptors (Lipinski definition) is 2. The van der Waals surface area contributed by atoms with Gasteiger partial charge in [0.2, 0.25) is 0 Å². The van der Waals surface area contributed by atoms with Crippen LogP contribution in [0.4, 0.5) is 0 Å². The lowest BCUT2D eigenvalue weighted by Gasteiger charge is -1.85. The molecule has 0 aromatic rings. The molecule has 5 heavy (non-hydrogen) atoms. The van der Waals surface area contributed by atoms with Crippen LogP contribution < -0.4 is 5.73 Å². The second kappa shape index (κ2) is 1.58. The lowest BCUT2D eigenvalue weighted by molar-refractivity contribution is 0.393. The van der Waals surface area contributed by atoms with Crippen molar-refractivity contribution in [3.8, 4) is 0 Å². The predicted molar refractivity (Wildman–Crippen MR) is 18.9 cm³/mol. The third-order valence-corrected chi connectivity index (χ3v) is 0.220. The van der Waals surface area contributed by atoms with Crippen molar-refractivity contribution in [1.29, 1.82) is 5.41 Å². The van der Waals surface area contributed by atoms with Crippen LogP contribution in [0.25, 0.3) is 0 Å². The molecule has 0 spiro atoms. The molecule has 0 unspecified atom stereocenters. The van der Waals surface area contributed by atoms with Crippen molar-refractivity contribution in [3.05, 3.63) is 0 Å². The third-order valence-electron chi connectivity index (χ3n) is 0.220. The van der Waals surface area contributed by atoms with Gasteiger partial charge in [0, 0.05) is 0 Å². The Balaban J connectivity index is 2.85. The maximum atomic E-state index is 6.30. The van der Waals surface area contributed by atoms with Gasteiger partial charge in [0.05, 0.1) is 7.11 Å². The van der Waals surface area contributed by atoms with Crippen LogP contribution in [-0.4, -0.2) is 13.1 Å². The van der Waals surface area contributed by atoms with Gasteiger partial charge in [-0.1, -0.05) is 0 Å². The first-order valence-electron chi connectivity index (χ1n) is 1.15. The molecule has 0 rings (SSSR count). The van der Waals surface area contributed by atoms with Gasteiger partial charge in [-0.25, -0.2) is 0 Å². The molecule has 0 aliphatic rings. The highest BCUT2D eigenvalue weighted by Crippen LogP contribution is 1.50. The highest BCUT2D eigenvalue weighted by Gasteiger charge is 1.68. The standard InChI is InChI=1S/C2H6N2O/c1-5-2(3)4/h1H3,(H3,3,4)/i2+1. The number of hydrogen-bond donors (Lipinski definition) is 2. The summed E-state index contributed by atoms with van der Waals surface area (Å²) in [6.07, 6.45) is 0. The number of nitrogens with one attached hydrogen (secondary N) is 1. The second-order valence-electron chi connectivity index (χ2n) is 0.568. The van der Waals surface area contributed by atoms with Crippen molar-refractivity contribution < 1.29 is 4.74 Å². The maximum absolute atomic E-state index is 6.30. The Morgan fingerprint density at radius 1 is 2.00 bits per heavy atom. The zero-order chi connectivity index (χ0) is 4.28. The van der Waals surface area contributed by atoms with Gasteiger partial charge in [-0.3, -0.25) is 5.41 Å². The average Bonchev–Trinajstić information content (AvgIpc) is 1.38. The van der Waals surface area contributed by atoms with E-state index in [1.807, 2.05) is 0 Å². The number of nitrogens with two attached hydrogens (primary N) is 1. The molecule has 0 saturated heterocycles. The van der Waals surface area contributed by atoms with Crippen molar-refractivity contribution in [2.24, 2.45) is 5.73 Å². The van der Waals surface area contributed by atoms with Crippen molar-refractivity contribution in [3.63, 3.8) is 0 Å². The topological polar surface area (TPSA) is 59.1 Å². The highest BCUT2D eigenvalue weighted by atomic mass is 16.6. The Hall–Kier alpha value is -0.730. The quantitative estimate of drug-likeness (QED) is 0.232. The summed E-state index contributed by atoms with van der Waals surface area (Å²) in [5.41, 5.74) is 4.65. The van der Waals surface area contributed by atoms with E-state index in [1.54, 1.807) is 0 Å². The number of rotatable bonds is 0. The van der Waals surface area contributed by atoms with Gasteiger partial charge < -0.3 is 10.5 Å². The van der Waals surface area contributed by atoms with Gasteiger partial charge >= 0.3 is 0 Å². The molecule has 3 nitrogen and oxygen atoms in total. The van der Waals surface area contributed by atoms with E-state index in [1.165, 1.54) is 7.11 Å². The lowest BCUT2D eigenvalue weighted by Crippen LogP contribution is -2.10. The van der Waals surface area contributed by atoms with E-state index in [0.29, 0.717) is 0 Å². The van der Waals surface area contributed by atoms with Crippen LogP contribution in [0.2, 0.25) is 0 Å². The summed E-state index contributed by atoms with van der Waals surface area (Å²) < 4.78 is 4.11. The molecule has 0 radical (unpaired) electrons. The highest BCUT2D eigenvalue weighted by molar-refractivity contribution is 5.67. The fourth-order valence-corrected chi connectivity index (χ4v) is 0. The molecule has 0 saturated carbocycles. The molecule has 0 aliphatic carbocycles. The van der Waals surface area contributed by atoms with Gasteiger partial charge in [0.15, 0.2) is 0 Å². The van der Waals surface area contributed by atoms with E-state index in [2.05, 4.69) is 10.5 Å². The Morgan fingerprint density at radius 3 is 2.20 bits per heavy atom. The molecular formula is C2H6N2O. The smallest absolute Gasteiger partial charge is 0.278 e. The summed E-state index contributed by atoms with van der Waals surface area (Å²) >= 11 is 0. The molecule has 3 heteroatoms. The third kappa shape index (κ3) is 3.27. The van der Waals surface area contributed by atoms with Gasteiger partial charge in [0.25, 0.3) is 6.02 Å². The van der Waals surface area contributed by atoms with E-state index in [0.717, 1.165) is 0 Å². The number of ether oxygens (including phenoxy) is 1. The normalized spacial score (nSPS) is 6.60. The zero-order valence-electron chi connectivity index (χ0n) is 2.99. The molecule has 0 atom stereocenters. The van der Waals surface area contributed by atoms with Crippen LogP contribution in [-0.2, 0) is 4.74 Å².